The Kier molecular flexibility index (Phi) is 2.17. The molecule has 1 aromatic carbocycles. The molecular formula is C14H15N3O. The first-order chi connectivity index (χ1) is 8.93. The zero-order chi connectivity index (χ0) is 11.9. The Balaban J connectivity index is 1.89. The van der Waals surface area contributed by atoms with Crippen molar-refractivity contribution in [1.29, 1.82) is 0 Å². The highest BCUT2D eigenvalue weighted by Crippen LogP contribution is 2.37. The van der Waals surface area contributed by atoms with E-state index in [0.717, 1.165) is 44.2 Å². The van der Waals surface area contributed by atoms with Crippen molar-refractivity contribution in [2.75, 3.05) is 13.2 Å². The van der Waals surface area contributed by atoms with Gasteiger partial charge in [0.25, 0.3) is 0 Å². The van der Waals surface area contributed by atoms with Crippen LogP contribution in [0.3, 0.4) is 0 Å². The number of aromatic nitrogens is 2. The molecule has 3 heterocycles. The van der Waals surface area contributed by atoms with Crippen molar-refractivity contribution in [3.63, 3.8) is 0 Å². The van der Waals surface area contributed by atoms with Gasteiger partial charge in [-0.05, 0) is 11.6 Å². The molecule has 0 spiro atoms. The predicted octanol–water partition coefficient (Wildman–Crippen LogP) is 1.59. The molecule has 18 heavy (non-hydrogen) atoms. The van der Waals surface area contributed by atoms with Crippen molar-refractivity contribution >= 4 is 0 Å². The zero-order valence-electron chi connectivity index (χ0n) is 10.1. The summed E-state index contributed by atoms with van der Waals surface area (Å²) in [5.74, 6) is 2.17. The molecule has 0 bridgehead atoms. The molecule has 0 fully saturated rings. The maximum absolute atomic E-state index is 5.79. The maximum Gasteiger partial charge on any atom is 0.131 e. The van der Waals surface area contributed by atoms with Gasteiger partial charge in [-0.15, -0.1) is 0 Å². The van der Waals surface area contributed by atoms with Crippen molar-refractivity contribution in [2.24, 2.45) is 0 Å². The Labute approximate surface area is 106 Å². The van der Waals surface area contributed by atoms with Crippen molar-refractivity contribution < 1.29 is 4.74 Å². The molecule has 4 heteroatoms. The Morgan fingerprint density at radius 2 is 2.33 bits per heavy atom. The van der Waals surface area contributed by atoms with Crippen LogP contribution in [0.1, 0.15) is 11.4 Å². The molecule has 4 rings (SSSR count). The number of rotatable bonds is 1. The summed E-state index contributed by atoms with van der Waals surface area (Å²) in [6.45, 7) is 3.64. The van der Waals surface area contributed by atoms with Crippen LogP contribution in [-0.4, -0.2) is 22.7 Å². The second-order valence-electron chi connectivity index (χ2n) is 4.78. The quantitative estimate of drug-likeness (QED) is 0.824. The summed E-state index contributed by atoms with van der Waals surface area (Å²) in [5, 5.41) is 3.34. The summed E-state index contributed by atoms with van der Waals surface area (Å²) < 4.78 is 8.09. The number of ether oxygens (including phenoxy) is 1. The molecule has 0 saturated heterocycles. The van der Waals surface area contributed by atoms with E-state index in [1.165, 1.54) is 16.8 Å². The highest BCUT2D eigenvalue weighted by Gasteiger charge is 2.21. The first-order valence-electron chi connectivity index (χ1n) is 6.43. The minimum absolute atomic E-state index is 0.800. The van der Waals surface area contributed by atoms with Gasteiger partial charge in [-0.25, -0.2) is 4.98 Å². The SMILES string of the molecule is c1cc2c(c(-c3cnc4n3CCNC4)c1)OCC2. The lowest BCUT2D eigenvalue weighted by Gasteiger charge is -2.18. The normalized spacial score (nSPS) is 17.1. The monoisotopic (exact) mass is 241 g/mol. The molecule has 2 aliphatic heterocycles. The fourth-order valence-corrected chi connectivity index (χ4v) is 2.83. The van der Waals surface area contributed by atoms with Crippen molar-refractivity contribution in [3.8, 4) is 17.0 Å². The van der Waals surface area contributed by atoms with Crippen molar-refractivity contribution in [3.05, 3.63) is 35.8 Å². The first-order valence-corrected chi connectivity index (χ1v) is 6.43. The number of nitrogens with zero attached hydrogens (tertiary/aromatic N) is 2. The number of imidazole rings is 1. The van der Waals surface area contributed by atoms with E-state index in [0.29, 0.717) is 0 Å². The van der Waals surface area contributed by atoms with Crippen LogP contribution in [0, 0.1) is 0 Å². The molecular weight excluding hydrogens is 226 g/mol. The van der Waals surface area contributed by atoms with Gasteiger partial charge in [0.05, 0.1) is 25.0 Å². The maximum atomic E-state index is 5.79. The van der Waals surface area contributed by atoms with E-state index in [2.05, 4.69) is 33.1 Å². The van der Waals surface area contributed by atoms with E-state index < -0.39 is 0 Å². The summed E-state index contributed by atoms with van der Waals surface area (Å²) in [4.78, 5) is 4.50. The Morgan fingerprint density at radius 1 is 1.33 bits per heavy atom. The fraction of sp³-hybridized carbons (Fsp3) is 0.357. The second-order valence-corrected chi connectivity index (χ2v) is 4.78. The number of para-hydroxylation sites is 1. The summed E-state index contributed by atoms with van der Waals surface area (Å²) in [6, 6.07) is 6.40. The van der Waals surface area contributed by atoms with Gasteiger partial charge in [0, 0.05) is 25.1 Å². The Morgan fingerprint density at radius 3 is 3.33 bits per heavy atom. The smallest absolute Gasteiger partial charge is 0.131 e. The topological polar surface area (TPSA) is 39.1 Å². The van der Waals surface area contributed by atoms with Crippen LogP contribution in [-0.2, 0) is 19.5 Å². The van der Waals surface area contributed by atoms with Crippen LogP contribution in [0.25, 0.3) is 11.3 Å². The third-order valence-corrected chi connectivity index (χ3v) is 3.72. The molecule has 0 amide bonds. The number of benzene rings is 1. The summed E-state index contributed by atoms with van der Waals surface area (Å²) in [6.07, 6.45) is 2.99. The van der Waals surface area contributed by atoms with E-state index in [1.807, 2.05) is 6.20 Å². The van der Waals surface area contributed by atoms with E-state index in [4.69, 9.17) is 4.74 Å². The minimum Gasteiger partial charge on any atom is -0.492 e. The summed E-state index contributed by atoms with van der Waals surface area (Å²) in [7, 11) is 0. The largest absolute Gasteiger partial charge is 0.492 e. The Hall–Kier alpha value is -1.81. The number of fused-ring (bicyclic) bond motifs is 2. The van der Waals surface area contributed by atoms with Gasteiger partial charge >= 0.3 is 0 Å². The molecule has 1 N–H and O–H groups in total. The van der Waals surface area contributed by atoms with E-state index in [-0.39, 0.29) is 0 Å². The van der Waals surface area contributed by atoms with Gasteiger partial charge in [0.1, 0.15) is 11.6 Å². The van der Waals surface area contributed by atoms with Crippen LogP contribution < -0.4 is 10.1 Å². The lowest BCUT2D eigenvalue weighted by atomic mass is 10.1. The molecule has 0 unspecified atom stereocenters. The average molecular weight is 241 g/mol. The van der Waals surface area contributed by atoms with Gasteiger partial charge in [-0.3, -0.25) is 0 Å². The lowest BCUT2D eigenvalue weighted by Crippen LogP contribution is -2.28. The highest BCUT2D eigenvalue weighted by molar-refractivity contribution is 5.70. The van der Waals surface area contributed by atoms with Crippen LogP contribution in [0.2, 0.25) is 0 Å². The lowest BCUT2D eigenvalue weighted by molar-refractivity contribution is 0.357. The predicted molar refractivity (Wildman–Crippen MR) is 68.6 cm³/mol. The number of hydrogen-bond donors (Lipinski definition) is 1. The third kappa shape index (κ3) is 1.39. The highest BCUT2D eigenvalue weighted by atomic mass is 16.5. The van der Waals surface area contributed by atoms with Gasteiger partial charge in [-0.2, -0.15) is 0 Å². The Bertz CT molecular complexity index is 603. The molecule has 0 aliphatic carbocycles. The summed E-state index contributed by atoms with van der Waals surface area (Å²) in [5.41, 5.74) is 3.69. The molecule has 1 aromatic heterocycles. The van der Waals surface area contributed by atoms with Crippen LogP contribution in [0.4, 0.5) is 0 Å². The first kappa shape index (κ1) is 10.1. The average Bonchev–Trinajstić information content (AvgIpc) is 3.05. The minimum atomic E-state index is 0.800. The fourth-order valence-electron chi connectivity index (χ4n) is 2.83. The summed E-state index contributed by atoms with van der Waals surface area (Å²) >= 11 is 0. The molecule has 0 saturated carbocycles. The van der Waals surface area contributed by atoms with Crippen LogP contribution in [0.5, 0.6) is 5.75 Å². The van der Waals surface area contributed by atoms with E-state index >= 15 is 0 Å². The van der Waals surface area contributed by atoms with E-state index in [9.17, 15) is 0 Å². The number of nitrogens with one attached hydrogen (secondary N) is 1. The van der Waals surface area contributed by atoms with Gasteiger partial charge in [0.15, 0.2) is 0 Å². The van der Waals surface area contributed by atoms with Gasteiger partial charge < -0.3 is 14.6 Å². The molecule has 0 atom stereocenters. The van der Waals surface area contributed by atoms with Crippen molar-refractivity contribution in [2.45, 2.75) is 19.5 Å². The molecule has 2 aromatic rings. The molecule has 4 nitrogen and oxygen atoms in total. The number of hydrogen-bond acceptors (Lipinski definition) is 3. The molecule has 0 radical (unpaired) electrons. The standard InChI is InChI=1S/C14H15N3O/c1-2-10-4-7-18-14(10)11(3-1)12-8-16-13-9-15-5-6-17(12)13/h1-3,8,15H,4-7,9H2. The van der Waals surface area contributed by atoms with Crippen LogP contribution in [0.15, 0.2) is 24.4 Å². The van der Waals surface area contributed by atoms with Gasteiger partial charge in [0.2, 0.25) is 0 Å². The third-order valence-electron chi connectivity index (χ3n) is 3.72. The van der Waals surface area contributed by atoms with E-state index in [1.54, 1.807) is 0 Å². The van der Waals surface area contributed by atoms with Crippen LogP contribution >= 0.6 is 0 Å². The second kappa shape index (κ2) is 3.85. The van der Waals surface area contributed by atoms with Crippen molar-refractivity contribution in [1.82, 2.24) is 14.9 Å². The zero-order valence-corrected chi connectivity index (χ0v) is 10.1. The van der Waals surface area contributed by atoms with Gasteiger partial charge in [-0.1, -0.05) is 12.1 Å². The molecule has 92 valence electrons. The molecule has 2 aliphatic rings.